The average Bonchev–Trinajstić information content (AvgIpc) is 2.60. The van der Waals surface area contributed by atoms with E-state index in [9.17, 15) is 9.59 Å². The lowest BCUT2D eigenvalue weighted by atomic mass is 10.3. The van der Waals surface area contributed by atoms with Crippen molar-refractivity contribution in [2.75, 3.05) is 5.73 Å². The van der Waals surface area contributed by atoms with E-state index in [0.29, 0.717) is 11.6 Å². The van der Waals surface area contributed by atoms with Crippen LogP contribution < -0.4 is 21.7 Å². The Hall–Kier alpha value is -3.35. The number of rotatable bonds is 3. The highest BCUT2D eigenvalue weighted by atomic mass is 35.5. The third kappa shape index (κ3) is 3.37. The Morgan fingerprint density at radius 3 is 2.50 bits per heavy atom. The number of nitrogens with one attached hydrogen (secondary N) is 1. The number of nitrogen functional groups attached to an aromatic ring is 1. The summed E-state index contributed by atoms with van der Waals surface area (Å²) < 4.78 is 6.38. The molecule has 0 aliphatic rings. The Kier molecular flexibility index (Phi) is 4.62. The summed E-state index contributed by atoms with van der Waals surface area (Å²) in [6, 6.07) is 7.41. The molecular weight excluding hydrogens is 383 g/mol. The molecular formula is C15H8Cl2N6O3. The van der Waals surface area contributed by atoms with E-state index in [0.717, 1.165) is 4.68 Å². The fourth-order valence-electron chi connectivity index (χ4n) is 1.98. The fraction of sp³-hybridized carbons (Fsp3) is 0. The molecule has 1 aromatic carbocycles. The maximum absolute atomic E-state index is 11.9. The normalized spacial score (nSPS) is 10.3. The van der Waals surface area contributed by atoms with Crippen LogP contribution in [0.25, 0.3) is 5.69 Å². The first-order valence-electron chi connectivity index (χ1n) is 6.91. The number of nitriles is 1. The highest BCUT2D eigenvalue weighted by Crippen LogP contribution is 2.37. The smallest absolute Gasteiger partial charge is 0.349 e. The molecule has 0 amide bonds. The number of hydrogen-bond donors (Lipinski definition) is 2. The number of nitrogens with two attached hydrogens (primary N) is 1. The van der Waals surface area contributed by atoms with Crippen molar-refractivity contribution in [3.05, 3.63) is 67.0 Å². The van der Waals surface area contributed by atoms with Crippen LogP contribution in [0.2, 0.25) is 10.0 Å². The molecule has 26 heavy (non-hydrogen) atoms. The second kappa shape index (κ2) is 6.87. The molecule has 0 spiro atoms. The fourth-order valence-corrected chi connectivity index (χ4v) is 2.54. The van der Waals surface area contributed by atoms with Gasteiger partial charge in [-0.2, -0.15) is 9.94 Å². The van der Waals surface area contributed by atoms with E-state index < -0.39 is 16.9 Å². The van der Waals surface area contributed by atoms with Gasteiger partial charge in [-0.15, -0.1) is 5.10 Å². The van der Waals surface area contributed by atoms with Gasteiger partial charge in [-0.05, 0) is 24.3 Å². The molecule has 0 fully saturated rings. The standard InChI is InChI=1S/C15H8Cl2N6O3/c16-9-3-7(23-15(25)21-14(24)11(5-18)22-23)4-10(17)13(9)26-8-1-2-12(19)20-6-8/h1-4,6H,(H2,19,20)(H,21,24,25). The van der Waals surface area contributed by atoms with E-state index in [1.54, 1.807) is 18.2 Å². The lowest BCUT2D eigenvalue weighted by Gasteiger charge is -2.12. The monoisotopic (exact) mass is 390 g/mol. The van der Waals surface area contributed by atoms with Crippen LogP contribution in [0.15, 0.2) is 40.1 Å². The molecule has 0 atom stereocenters. The molecule has 11 heteroatoms. The third-order valence-electron chi connectivity index (χ3n) is 3.14. The lowest BCUT2D eigenvalue weighted by Crippen LogP contribution is -2.33. The Bertz CT molecular complexity index is 1120. The number of pyridine rings is 1. The van der Waals surface area contributed by atoms with Crippen molar-refractivity contribution < 1.29 is 4.74 Å². The van der Waals surface area contributed by atoms with Gasteiger partial charge in [0.25, 0.3) is 5.56 Å². The van der Waals surface area contributed by atoms with E-state index in [2.05, 4.69) is 10.1 Å². The van der Waals surface area contributed by atoms with Crippen molar-refractivity contribution in [1.29, 1.82) is 5.26 Å². The summed E-state index contributed by atoms with van der Waals surface area (Å²) in [5, 5.41) is 12.7. The molecule has 0 aliphatic heterocycles. The average molecular weight is 391 g/mol. The van der Waals surface area contributed by atoms with Crippen molar-refractivity contribution in [3.63, 3.8) is 0 Å². The molecule has 3 aromatic rings. The molecule has 9 nitrogen and oxygen atoms in total. The summed E-state index contributed by atoms with van der Waals surface area (Å²) in [4.78, 5) is 29.2. The van der Waals surface area contributed by atoms with Crippen LogP contribution in [0.4, 0.5) is 5.82 Å². The largest absolute Gasteiger partial charge is 0.453 e. The van der Waals surface area contributed by atoms with Gasteiger partial charge in [0.1, 0.15) is 17.6 Å². The predicted molar refractivity (Wildman–Crippen MR) is 93.9 cm³/mol. The van der Waals surface area contributed by atoms with Crippen LogP contribution in [-0.4, -0.2) is 19.7 Å². The predicted octanol–water partition coefficient (Wildman–Crippen LogP) is 1.87. The van der Waals surface area contributed by atoms with E-state index >= 15 is 0 Å². The highest BCUT2D eigenvalue weighted by Gasteiger charge is 2.15. The van der Waals surface area contributed by atoms with Gasteiger partial charge in [-0.3, -0.25) is 9.78 Å². The van der Waals surface area contributed by atoms with Crippen LogP contribution in [0.1, 0.15) is 5.69 Å². The first-order valence-corrected chi connectivity index (χ1v) is 7.67. The van der Waals surface area contributed by atoms with Gasteiger partial charge in [0.15, 0.2) is 5.75 Å². The number of hydrogen-bond acceptors (Lipinski definition) is 7. The van der Waals surface area contributed by atoms with Crippen LogP contribution >= 0.6 is 23.2 Å². The van der Waals surface area contributed by atoms with Gasteiger partial charge >= 0.3 is 5.69 Å². The minimum absolute atomic E-state index is 0.0720. The molecule has 3 N–H and O–H groups in total. The number of anilines is 1. The molecule has 0 unspecified atom stereocenters. The minimum Gasteiger partial charge on any atom is -0.453 e. The Morgan fingerprint density at radius 1 is 1.23 bits per heavy atom. The van der Waals surface area contributed by atoms with E-state index in [4.69, 9.17) is 38.9 Å². The van der Waals surface area contributed by atoms with Crippen molar-refractivity contribution in [3.8, 4) is 23.3 Å². The number of ether oxygens (including phenoxy) is 1. The second-order valence-electron chi connectivity index (χ2n) is 4.89. The quantitative estimate of drug-likeness (QED) is 0.695. The Labute approximate surface area is 155 Å². The van der Waals surface area contributed by atoms with Crippen molar-refractivity contribution in [2.45, 2.75) is 0 Å². The van der Waals surface area contributed by atoms with Crippen molar-refractivity contribution in [1.82, 2.24) is 19.7 Å². The zero-order chi connectivity index (χ0) is 18.8. The zero-order valence-corrected chi connectivity index (χ0v) is 14.2. The van der Waals surface area contributed by atoms with E-state index in [1.807, 2.05) is 4.98 Å². The maximum Gasteiger partial charge on any atom is 0.349 e. The number of aromatic amines is 1. The first-order chi connectivity index (χ1) is 12.4. The second-order valence-corrected chi connectivity index (χ2v) is 5.71. The molecule has 0 saturated heterocycles. The van der Waals surface area contributed by atoms with Gasteiger partial charge in [-0.25, -0.2) is 9.78 Å². The van der Waals surface area contributed by atoms with Crippen LogP contribution in [0.3, 0.4) is 0 Å². The molecule has 2 aromatic heterocycles. The van der Waals surface area contributed by atoms with Gasteiger partial charge in [-0.1, -0.05) is 23.2 Å². The van der Waals surface area contributed by atoms with E-state index in [-0.39, 0.29) is 21.5 Å². The SMILES string of the molecule is N#Cc1nn(-c2cc(Cl)c(Oc3ccc(N)nc3)c(Cl)c2)c(=O)[nH]c1=O. The van der Waals surface area contributed by atoms with Crippen LogP contribution in [0.5, 0.6) is 11.5 Å². The van der Waals surface area contributed by atoms with Crippen molar-refractivity contribution in [2.24, 2.45) is 0 Å². The molecule has 2 heterocycles. The molecule has 0 saturated carbocycles. The molecule has 3 rings (SSSR count). The first kappa shape index (κ1) is 17.5. The van der Waals surface area contributed by atoms with Gasteiger partial charge in [0.05, 0.1) is 21.9 Å². The lowest BCUT2D eigenvalue weighted by molar-refractivity contribution is 0.481. The zero-order valence-electron chi connectivity index (χ0n) is 12.7. The summed E-state index contributed by atoms with van der Waals surface area (Å²) in [7, 11) is 0. The highest BCUT2D eigenvalue weighted by molar-refractivity contribution is 6.37. The van der Waals surface area contributed by atoms with Crippen LogP contribution in [-0.2, 0) is 0 Å². The van der Waals surface area contributed by atoms with Gasteiger partial charge in [0, 0.05) is 0 Å². The number of benzene rings is 1. The Balaban J connectivity index is 2.05. The summed E-state index contributed by atoms with van der Waals surface area (Å²) in [5.74, 6) is 0.796. The van der Waals surface area contributed by atoms with Gasteiger partial charge in [0.2, 0.25) is 5.69 Å². The summed E-state index contributed by atoms with van der Waals surface area (Å²) in [6.07, 6.45) is 1.39. The number of nitrogens with zero attached hydrogens (tertiary/aromatic N) is 4. The molecule has 0 radical (unpaired) electrons. The number of H-pyrrole nitrogens is 1. The topological polar surface area (TPSA) is 140 Å². The van der Waals surface area contributed by atoms with E-state index in [1.165, 1.54) is 18.3 Å². The molecule has 0 bridgehead atoms. The molecule has 130 valence electrons. The maximum atomic E-state index is 11.9. The van der Waals surface area contributed by atoms with Gasteiger partial charge < -0.3 is 10.5 Å². The third-order valence-corrected chi connectivity index (χ3v) is 3.70. The Morgan fingerprint density at radius 2 is 1.92 bits per heavy atom. The number of halogens is 2. The summed E-state index contributed by atoms with van der Waals surface area (Å²) in [6.45, 7) is 0. The van der Waals surface area contributed by atoms with Crippen LogP contribution in [0, 0.1) is 11.3 Å². The number of aromatic nitrogens is 4. The molecule has 0 aliphatic carbocycles. The minimum atomic E-state index is -0.887. The van der Waals surface area contributed by atoms with Crippen molar-refractivity contribution >= 4 is 29.0 Å². The summed E-state index contributed by atoms with van der Waals surface area (Å²) in [5.41, 5.74) is 3.43. The summed E-state index contributed by atoms with van der Waals surface area (Å²) >= 11 is 12.4.